The second kappa shape index (κ2) is 13.1. The van der Waals surface area contributed by atoms with Crippen molar-refractivity contribution >= 4 is 91.7 Å². The van der Waals surface area contributed by atoms with Gasteiger partial charge < -0.3 is 4.90 Å². The van der Waals surface area contributed by atoms with E-state index in [9.17, 15) is 0 Å². The molecule has 0 aliphatic heterocycles. The number of anilines is 3. The van der Waals surface area contributed by atoms with E-state index in [1.165, 1.54) is 74.2 Å². The van der Waals surface area contributed by atoms with Crippen molar-refractivity contribution in [3.05, 3.63) is 194 Å². The number of benzene rings is 9. The van der Waals surface area contributed by atoms with E-state index in [-0.39, 0.29) is 0 Å². The summed E-state index contributed by atoms with van der Waals surface area (Å²) in [6.07, 6.45) is 0. The summed E-state index contributed by atoms with van der Waals surface area (Å²) in [6.45, 7) is 0. The van der Waals surface area contributed by atoms with Crippen molar-refractivity contribution < 1.29 is 0 Å². The Bertz CT molecular complexity index is 3160. The Morgan fingerprint density at radius 3 is 1.76 bits per heavy atom. The Kier molecular flexibility index (Phi) is 7.58. The molecule has 2 aromatic heterocycles. The Labute approximate surface area is 326 Å². The highest BCUT2D eigenvalue weighted by molar-refractivity contribution is 7.26. The standard InChI is InChI=1S/C51H32N2S2/c1-2-10-33(11-3-1)35-18-24-39(25-19-35)53(41-28-22-34-12-4-5-13-37(34)30-41)40-26-20-36(21-27-40)38-23-29-43-45-32-46(51-52-47-16-8-9-17-48(47)55-51)42-14-6-7-15-44(42)50(45)54-49(43)31-38/h1-32H. The van der Waals surface area contributed by atoms with Gasteiger partial charge in [-0.2, -0.15) is 0 Å². The van der Waals surface area contributed by atoms with Crippen LogP contribution in [0.4, 0.5) is 17.1 Å². The average molecular weight is 737 g/mol. The summed E-state index contributed by atoms with van der Waals surface area (Å²) >= 11 is 3.66. The van der Waals surface area contributed by atoms with Gasteiger partial charge in [-0.25, -0.2) is 4.98 Å². The number of fused-ring (bicyclic) bond motifs is 7. The first-order valence-electron chi connectivity index (χ1n) is 18.5. The highest BCUT2D eigenvalue weighted by Gasteiger charge is 2.18. The lowest BCUT2D eigenvalue weighted by molar-refractivity contribution is 1.29. The summed E-state index contributed by atoms with van der Waals surface area (Å²) in [4.78, 5) is 7.42. The molecule has 0 amide bonds. The minimum absolute atomic E-state index is 1.05. The third-order valence-corrected chi connectivity index (χ3v) is 13.0. The van der Waals surface area contributed by atoms with Crippen LogP contribution in [0, 0.1) is 0 Å². The first-order chi connectivity index (χ1) is 27.2. The van der Waals surface area contributed by atoms with Crippen molar-refractivity contribution in [3.63, 3.8) is 0 Å². The van der Waals surface area contributed by atoms with Crippen LogP contribution in [0.15, 0.2) is 194 Å². The zero-order chi connectivity index (χ0) is 36.3. The van der Waals surface area contributed by atoms with Gasteiger partial charge in [0.15, 0.2) is 0 Å². The number of para-hydroxylation sites is 1. The molecule has 11 aromatic rings. The van der Waals surface area contributed by atoms with Gasteiger partial charge in [0.05, 0.1) is 10.2 Å². The molecule has 0 saturated heterocycles. The van der Waals surface area contributed by atoms with E-state index in [1.807, 2.05) is 11.3 Å². The molecule has 0 N–H and O–H groups in total. The smallest absolute Gasteiger partial charge is 0.125 e. The van der Waals surface area contributed by atoms with Crippen LogP contribution < -0.4 is 4.90 Å². The number of rotatable bonds is 6. The SMILES string of the molecule is c1ccc(-c2ccc(N(c3ccc(-c4ccc5c(c4)sc4c6ccccc6c(-c6nc7ccccc7s6)cc54)cc3)c3ccc4ccccc4c3)cc2)cc1. The molecule has 258 valence electrons. The van der Waals surface area contributed by atoms with E-state index in [4.69, 9.17) is 4.98 Å². The van der Waals surface area contributed by atoms with Crippen LogP contribution in [-0.2, 0) is 0 Å². The van der Waals surface area contributed by atoms with Gasteiger partial charge in [0, 0.05) is 48.2 Å². The minimum Gasteiger partial charge on any atom is -0.310 e. The van der Waals surface area contributed by atoms with Crippen molar-refractivity contribution in [1.29, 1.82) is 0 Å². The number of hydrogen-bond acceptors (Lipinski definition) is 4. The Hall–Kier alpha value is -6.59. The van der Waals surface area contributed by atoms with Gasteiger partial charge >= 0.3 is 0 Å². The Morgan fingerprint density at radius 2 is 0.982 bits per heavy atom. The van der Waals surface area contributed by atoms with Crippen LogP contribution in [0.5, 0.6) is 0 Å². The lowest BCUT2D eigenvalue weighted by Gasteiger charge is -2.26. The van der Waals surface area contributed by atoms with Gasteiger partial charge in [-0.15, -0.1) is 22.7 Å². The highest BCUT2D eigenvalue weighted by Crippen LogP contribution is 2.45. The number of hydrogen-bond donors (Lipinski definition) is 0. The van der Waals surface area contributed by atoms with Crippen molar-refractivity contribution in [3.8, 4) is 32.8 Å². The Morgan fingerprint density at radius 1 is 0.364 bits per heavy atom. The summed E-state index contributed by atoms with van der Waals surface area (Å²) < 4.78 is 3.83. The highest BCUT2D eigenvalue weighted by atomic mass is 32.1. The van der Waals surface area contributed by atoms with E-state index in [0.29, 0.717) is 0 Å². The molecular formula is C51H32N2S2. The largest absolute Gasteiger partial charge is 0.310 e. The zero-order valence-electron chi connectivity index (χ0n) is 29.7. The molecule has 0 radical (unpaired) electrons. The maximum absolute atomic E-state index is 5.06. The van der Waals surface area contributed by atoms with Crippen LogP contribution in [0.25, 0.3) is 84.8 Å². The molecule has 9 aromatic carbocycles. The quantitative estimate of drug-likeness (QED) is 0.169. The monoisotopic (exact) mass is 736 g/mol. The van der Waals surface area contributed by atoms with Gasteiger partial charge in [0.1, 0.15) is 5.01 Å². The summed E-state index contributed by atoms with van der Waals surface area (Å²) in [6, 6.07) is 70.3. The number of thiophene rings is 1. The topological polar surface area (TPSA) is 16.1 Å². The van der Waals surface area contributed by atoms with Crippen LogP contribution in [0.1, 0.15) is 0 Å². The number of thiazole rings is 1. The lowest BCUT2D eigenvalue weighted by atomic mass is 9.99. The van der Waals surface area contributed by atoms with Gasteiger partial charge in [0.25, 0.3) is 0 Å². The van der Waals surface area contributed by atoms with Gasteiger partial charge in [-0.3, -0.25) is 0 Å². The number of nitrogens with zero attached hydrogens (tertiary/aromatic N) is 2. The second-order valence-electron chi connectivity index (χ2n) is 14.0. The third-order valence-electron chi connectivity index (χ3n) is 10.7. The molecule has 0 aliphatic carbocycles. The molecule has 0 unspecified atom stereocenters. The predicted molar refractivity (Wildman–Crippen MR) is 239 cm³/mol. The van der Waals surface area contributed by atoms with E-state index >= 15 is 0 Å². The van der Waals surface area contributed by atoms with Gasteiger partial charge in [-0.1, -0.05) is 133 Å². The summed E-state index contributed by atoms with van der Waals surface area (Å²) in [7, 11) is 0. The zero-order valence-corrected chi connectivity index (χ0v) is 31.3. The van der Waals surface area contributed by atoms with Gasteiger partial charge in [-0.05, 0) is 99.1 Å². The molecule has 0 fully saturated rings. The number of aromatic nitrogens is 1. The molecule has 2 nitrogen and oxygen atoms in total. The maximum atomic E-state index is 5.06. The summed E-state index contributed by atoms with van der Waals surface area (Å²) in [5.41, 5.74) is 10.4. The van der Waals surface area contributed by atoms with Crippen LogP contribution in [0.2, 0.25) is 0 Å². The third kappa shape index (κ3) is 5.58. The predicted octanol–water partition coefficient (Wildman–Crippen LogP) is 15.4. The molecule has 0 bridgehead atoms. The lowest BCUT2D eigenvalue weighted by Crippen LogP contribution is -2.09. The Balaban J connectivity index is 0.986. The van der Waals surface area contributed by atoms with Crippen molar-refractivity contribution in [2.45, 2.75) is 0 Å². The van der Waals surface area contributed by atoms with Gasteiger partial charge in [0.2, 0.25) is 0 Å². The molecule has 2 heterocycles. The molecule has 0 saturated carbocycles. The molecule has 0 aliphatic rings. The van der Waals surface area contributed by atoms with E-state index < -0.39 is 0 Å². The molecule has 0 spiro atoms. The van der Waals surface area contributed by atoms with Crippen molar-refractivity contribution in [2.24, 2.45) is 0 Å². The van der Waals surface area contributed by atoms with E-state index in [1.54, 1.807) is 11.3 Å². The molecule has 11 rings (SSSR count). The minimum atomic E-state index is 1.05. The van der Waals surface area contributed by atoms with Crippen molar-refractivity contribution in [2.75, 3.05) is 4.90 Å². The van der Waals surface area contributed by atoms with Crippen LogP contribution >= 0.6 is 22.7 Å². The normalized spacial score (nSPS) is 11.6. The molecular weight excluding hydrogens is 705 g/mol. The van der Waals surface area contributed by atoms with E-state index in [0.717, 1.165) is 27.6 Å². The second-order valence-corrected chi connectivity index (χ2v) is 16.1. The van der Waals surface area contributed by atoms with Crippen molar-refractivity contribution in [1.82, 2.24) is 4.98 Å². The summed E-state index contributed by atoms with van der Waals surface area (Å²) in [5.74, 6) is 0. The van der Waals surface area contributed by atoms with E-state index in [2.05, 4.69) is 199 Å². The maximum Gasteiger partial charge on any atom is 0.125 e. The summed E-state index contributed by atoms with van der Waals surface area (Å²) in [5, 5.41) is 8.64. The molecule has 0 atom stereocenters. The first-order valence-corrected chi connectivity index (χ1v) is 20.2. The van der Waals surface area contributed by atoms with Crippen LogP contribution in [-0.4, -0.2) is 4.98 Å². The molecule has 4 heteroatoms. The average Bonchev–Trinajstić information content (AvgIpc) is 3.86. The fraction of sp³-hybridized carbons (Fsp3) is 0. The molecule has 55 heavy (non-hydrogen) atoms. The fourth-order valence-corrected chi connectivity index (χ4v) is 10.2. The first kappa shape index (κ1) is 31.9. The van der Waals surface area contributed by atoms with Crippen LogP contribution in [0.3, 0.4) is 0 Å². The fourth-order valence-electron chi connectivity index (χ4n) is 7.94.